The van der Waals surface area contributed by atoms with E-state index in [1.807, 2.05) is 48.5 Å². The maximum Gasteiger partial charge on any atom is 0.277 e. The molecule has 27 heavy (non-hydrogen) atoms. The van der Waals surface area contributed by atoms with Crippen molar-refractivity contribution in [3.63, 3.8) is 0 Å². The van der Waals surface area contributed by atoms with Gasteiger partial charge in [0, 0.05) is 11.1 Å². The molecule has 140 valence electrons. The van der Waals surface area contributed by atoms with Crippen molar-refractivity contribution in [1.29, 1.82) is 0 Å². The fourth-order valence-electron chi connectivity index (χ4n) is 2.51. The molecule has 0 radical (unpaired) electrons. The summed E-state index contributed by atoms with van der Waals surface area (Å²) >= 11 is 1.24. The summed E-state index contributed by atoms with van der Waals surface area (Å²) in [6.07, 6.45) is 0. The van der Waals surface area contributed by atoms with Gasteiger partial charge < -0.3 is 9.15 Å². The van der Waals surface area contributed by atoms with Crippen LogP contribution >= 0.6 is 11.8 Å². The largest absolute Gasteiger partial charge is 0.497 e. The Morgan fingerprint density at radius 2 is 1.85 bits per heavy atom. The molecule has 0 amide bonds. The van der Waals surface area contributed by atoms with Crippen LogP contribution in [-0.4, -0.2) is 28.8 Å². The van der Waals surface area contributed by atoms with Crippen LogP contribution in [0.5, 0.6) is 5.75 Å². The fourth-order valence-corrected chi connectivity index (χ4v) is 3.17. The molecule has 0 saturated carbocycles. The van der Waals surface area contributed by atoms with Crippen LogP contribution in [0, 0.1) is 0 Å². The number of carbonyl (C=O) groups excluding carboxylic acids is 1. The molecule has 1 heterocycles. The number of carbonyl (C=O) groups is 1. The summed E-state index contributed by atoms with van der Waals surface area (Å²) < 4.78 is 10.9. The lowest BCUT2D eigenvalue weighted by Crippen LogP contribution is -2.11. The third kappa shape index (κ3) is 4.77. The number of rotatable bonds is 6. The highest BCUT2D eigenvalue weighted by Gasteiger charge is 2.16. The predicted molar refractivity (Wildman–Crippen MR) is 106 cm³/mol. The van der Waals surface area contributed by atoms with E-state index in [0.29, 0.717) is 22.4 Å². The Hall–Kier alpha value is -2.60. The van der Waals surface area contributed by atoms with E-state index in [1.54, 1.807) is 7.11 Å². The minimum atomic E-state index is 0.0292. The predicted octanol–water partition coefficient (Wildman–Crippen LogP) is 5.02. The molecule has 0 bridgehead atoms. The maximum atomic E-state index is 12.4. The van der Waals surface area contributed by atoms with Gasteiger partial charge in [0.25, 0.3) is 5.22 Å². The van der Waals surface area contributed by atoms with Crippen LogP contribution in [0.2, 0.25) is 0 Å². The van der Waals surface area contributed by atoms with Gasteiger partial charge in [0.2, 0.25) is 5.89 Å². The second-order valence-corrected chi connectivity index (χ2v) is 8.07. The Labute approximate surface area is 163 Å². The third-order valence-corrected chi connectivity index (χ3v) is 4.94. The van der Waals surface area contributed by atoms with Crippen LogP contribution in [0.25, 0.3) is 11.5 Å². The van der Waals surface area contributed by atoms with Gasteiger partial charge in [-0.1, -0.05) is 62.9 Å². The number of ketones is 1. The first-order valence-corrected chi connectivity index (χ1v) is 9.60. The highest BCUT2D eigenvalue weighted by molar-refractivity contribution is 7.99. The second kappa shape index (κ2) is 7.96. The molecule has 3 aromatic rings. The van der Waals surface area contributed by atoms with E-state index in [4.69, 9.17) is 9.15 Å². The van der Waals surface area contributed by atoms with E-state index in [2.05, 4.69) is 31.0 Å². The Balaban J connectivity index is 1.63. The van der Waals surface area contributed by atoms with Crippen LogP contribution in [0.4, 0.5) is 0 Å². The Morgan fingerprint density at radius 1 is 1.11 bits per heavy atom. The zero-order valence-electron chi connectivity index (χ0n) is 15.9. The lowest BCUT2D eigenvalue weighted by Gasteiger charge is -2.18. The first kappa shape index (κ1) is 19.2. The Bertz CT molecular complexity index is 927. The van der Waals surface area contributed by atoms with E-state index in [9.17, 15) is 4.79 Å². The minimum Gasteiger partial charge on any atom is -0.497 e. The van der Waals surface area contributed by atoms with Crippen LogP contribution in [0.3, 0.4) is 0 Å². The van der Waals surface area contributed by atoms with E-state index in [1.165, 1.54) is 17.3 Å². The first-order valence-electron chi connectivity index (χ1n) is 8.61. The van der Waals surface area contributed by atoms with E-state index in [-0.39, 0.29) is 17.0 Å². The van der Waals surface area contributed by atoms with Gasteiger partial charge in [0.1, 0.15) is 5.75 Å². The third-order valence-electron chi connectivity index (χ3n) is 4.12. The van der Waals surface area contributed by atoms with Crippen molar-refractivity contribution in [2.24, 2.45) is 0 Å². The summed E-state index contributed by atoms with van der Waals surface area (Å²) in [6.45, 7) is 6.44. The molecule has 6 heteroatoms. The molecule has 0 fully saturated rings. The molecule has 0 unspecified atom stereocenters. The molecular weight excluding hydrogens is 360 g/mol. The molecule has 5 nitrogen and oxygen atoms in total. The van der Waals surface area contributed by atoms with E-state index in [0.717, 1.165) is 5.56 Å². The van der Waals surface area contributed by atoms with Crippen LogP contribution in [0.1, 0.15) is 36.7 Å². The number of hydrogen-bond acceptors (Lipinski definition) is 6. The van der Waals surface area contributed by atoms with Gasteiger partial charge in [-0.25, -0.2) is 0 Å². The quantitative estimate of drug-likeness (QED) is 0.441. The van der Waals surface area contributed by atoms with Gasteiger partial charge in [0.15, 0.2) is 5.78 Å². The van der Waals surface area contributed by atoms with Crippen LogP contribution in [0.15, 0.2) is 58.2 Å². The number of Topliss-reactive ketones (excluding diaryl/α,β-unsaturated/α-hetero) is 1. The van der Waals surface area contributed by atoms with Gasteiger partial charge in [-0.05, 0) is 29.2 Å². The van der Waals surface area contributed by atoms with Gasteiger partial charge in [-0.15, -0.1) is 10.2 Å². The topological polar surface area (TPSA) is 65.2 Å². The molecule has 0 spiro atoms. The molecular formula is C21H22N2O3S. The van der Waals surface area contributed by atoms with E-state index < -0.39 is 0 Å². The van der Waals surface area contributed by atoms with E-state index >= 15 is 0 Å². The van der Waals surface area contributed by atoms with Crippen LogP contribution < -0.4 is 4.74 Å². The van der Waals surface area contributed by atoms with Crippen LogP contribution in [-0.2, 0) is 5.41 Å². The smallest absolute Gasteiger partial charge is 0.277 e. The molecule has 3 rings (SSSR count). The minimum absolute atomic E-state index is 0.0292. The van der Waals surface area contributed by atoms with Crippen molar-refractivity contribution >= 4 is 17.5 Å². The summed E-state index contributed by atoms with van der Waals surface area (Å²) in [5.41, 5.74) is 2.73. The maximum absolute atomic E-state index is 12.4. The summed E-state index contributed by atoms with van der Waals surface area (Å²) in [5.74, 6) is 1.39. The van der Waals surface area contributed by atoms with Gasteiger partial charge in [-0.2, -0.15) is 0 Å². The number of aromatic nitrogens is 2. The van der Waals surface area contributed by atoms with Crippen molar-refractivity contribution in [3.05, 3.63) is 59.7 Å². The first-order chi connectivity index (χ1) is 12.9. The summed E-state index contributed by atoms with van der Waals surface area (Å²) in [7, 11) is 1.61. The van der Waals surface area contributed by atoms with Gasteiger partial charge in [-0.3, -0.25) is 4.79 Å². The summed E-state index contributed by atoms with van der Waals surface area (Å²) in [4.78, 5) is 12.4. The molecule has 0 aliphatic rings. The number of methoxy groups -OCH3 is 1. The molecule has 0 saturated heterocycles. The highest BCUT2D eigenvalue weighted by atomic mass is 32.2. The standard InChI is InChI=1S/C21H22N2O3S/c1-21(2,3)16-10-8-14(9-11-16)18(24)13-27-20-23-22-19(26-20)15-6-5-7-17(12-15)25-4/h5-12H,13H2,1-4H3. The Morgan fingerprint density at radius 3 is 2.52 bits per heavy atom. The lowest BCUT2D eigenvalue weighted by molar-refractivity contribution is 0.102. The molecule has 2 aromatic carbocycles. The normalized spacial score (nSPS) is 11.4. The summed E-state index contributed by atoms with van der Waals surface area (Å²) in [6, 6.07) is 15.2. The van der Waals surface area contributed by atoms with Crippen molar-refractivity contribution < 1.29 is 13.9 Å². The number of benzene rings is 2. The van der Waals surface area contributed by atoms with Crippen molar-refractivity contribution in [2.75, 3.05) is 12.9 Å². The van der Waals surface area contributed by atoms with Crippen molar-refractivity contribution in [1.82, 2.24) is 10.2 Å². The monoisotopic (exact) mass is 382 g/mol. The SMILES string of the molecule is COc1cccc(-c2nnc(SCC(=O)c3ccc(C(C)(C)C)cc3)o2)c1. The number of nitrogens with zero attached hydrogens (tertiary/aromatic N) is 2. The molecule has 0 aliphatic heterocycles. The number of hydrogen-bond donors (Lipinski definition) is 0. The fraction of sp³-hybridized carbons (Fsp3) is 0.286. The number of thioether (sulfide) groups is 1. The Kier molecular flexibility index (Phi) is 5.65. The molecule has 1 aromatic heterocycles. The summed E-state index contributed by atoms with van der Waals surface area (Å²) in [5, 5.41) is 8.43. The van der Waals surface area contributed by atoms with Gasteiger partial charge in [0.05, 0.1) is 12.9 Å². The molecule has 0 atom stereocenters. The van der Waals surface area contributed by atoms with Gasteiger partial charge >= 0.3 is 0 Å². The number of ether oxygens (including phenoxy) is 1. The average Bonchev–Trinajstić information content (AvgIpc) is 3.14. The molecule has 0 N–H and O–H groups in total. The highest BCUT2D eigenvalue weighted by Crippen LogP contribution is 2.27. The van der Waals surface area contributed by atoms with Crippen molar-refractivity contribution in [3.8, 4) is 17.2 Å². The zero-order chi connectivity index (χ0) is 19.4. The zero-order valence-corrected chi connectivity index (χ0v) is 16.7. The average molecular weight is 382 g/mol. The lowest BCUT2D eigenvalue weighted by atomic mass is 9.86. The second-order valence-electron chi connectivity index (χ2n) is 7.14. The van der Waals surface area contributed by atoms with Crippen molar-refractivity contribution in [2.45, 2.75) is 31.4 Å². The molecule has 0 aliphatic carbocycles.